The van der Waals surface area contributed by atoms with Crippen molar-refractivity contribution in [2.24, 2.45) is 5.16 Å². The van der Waals surface area contributed by atoms with E-state index in [1.54, 1.807) is 0 Å². The van der Waals surface area contributed by atoms with E-state index in [9.17, 15) is 0 Å². The molecular weight excluding hydrogens is 200 g/mol. The summed E-state index contributed by atoms with van der Waals surface area (Å²) in [5.41, 5.74) is 2.58. The molecule has 0 saturated carbocycles. The summed E-state index contributed by atoms with van der Waals surface area (Å²) in [5.74, 6) is 0. The Morgan fingerprint density at radius 3 is 2.69 bits per heavy atom. The van der Waals surface area contributed by atoms with Crippen LogP contribution in [0.4, 0.5) is 0 Å². The number of nitrogens with zero attached hydrogens (tertiary/aromatic N) is 2. The van der Waals surface area contributed by atoms with Gasteiger partial charge < -0.3 is 10.1 Å². The maximum absolute atomic E-state index is 9.12. The minimum absolute atomic E-state index is 0.636. The van der Waals surface area contributed by atoms with Gasteiger partial charge >= 0.3 is 0 Å². The average molecular weight is 214 g/mol. The second-order valence-corrected chi connectivity index (χ2v) is 3.72. The fourth-order valence-corrected chi connectivity index (χ4v) is 1.75. The topological polar surface area (TPSA) is 35.8 Å². The standard InChI is InChI=1S/C13H14N2O/c1-15-9-5-8-12(10-15)13(14-16)11-6-3-2-4-7-11/h2-7,9-10,16H,8H2,1H3. The second-order valence-electron chi connectivity index (χ2n) is 3.72. The number of benzene rings is 1. The van der Waals surface area contributed by atoms with Crippen molar-refractivity contribution in [2.75, 3.05) is 7.05 Å². The van der Waals surface area contributed by atoms with Crippen molar-refractivity contribution < 1.29 is 5.21 Å². The monoisotopic (exact) mass is 214 g/mol. The van der Waals surface area contributed by atoms with Gasteiger partial charge in [-0.1, -0.05) is 41.6 Å². The zero-order chi connectivity index (χ0) is 11.4. The van der Waals surface area contributed by atoms with E-state index < -0.39 is 0 Å². The van der Waals surface area contributed by atoms with E-state index in [2.05, 4.69) is 5.16 Å². The molecule has 0 radical (unpaired) electrons. The predicted octanol–water partition coefficient (Wildman–Crippen LogP) is 2.60. The molecule has 0 bridgehead atoms. The molecule has 0 spiro atoms. The normalized spacial score (nSPS) is 16.2. The molecular formula is C13H14N2O. The van der Waals surface area contributed by atoms with Crippen LogP contribution in [0, 0.1) is 0 Å². The Labute approximate surface area is 95.0 Å². The summed E-state index contributed by atoms with van der Waals surface area (Å²) in [5, 5.41) is 12.5. The number of rotatable bonds is 2. The van der Waals surface area contributed by atoms with Gasteiger partial charge in [0.05, 0.1) is 0 Å². The molecule has 0 amide bonds. The van der Waals surface area contributed by atoms with Gasteiger partial charge in [-0.2, -0.15) is 0 Å². The molecule has 3 heteroatoms. The smallest absolute Gasteiger partial charge is 0.114 e. The second kappa shape index (κ2) is 4.66. The molecule has 16 heavy (non-hydrogen) atoms. The first-order valence-corrected chi connectivity index (χ1v) is 5.18. The fourth-order valence-electron chi connectivity index (χ4n) is 1.75. The molecule has 0 aromatic heterocycles. The van der Waals surface area contributed by atoms with Gasteiger partial charge in [0, 0.05) is 24.4 Å². The quantitative estimate of drug-likeness (QED) is 0.466. The lowest BCUT2D eigenvalue weighted by Crippen LogP contribution is -2.13. The Kier molecular flexibility index (Phi) is 3.05. The summed E-state index contributed by atoms with van der Waals surface area (Å²) in [4.78, 5) is 1.95. The van der Waals surface area contributed by atoms with Gasteiger partial charge in [0.1, 0.15) is 5.71 Å². The third-order valence-electron chi connectivity index (χ3n) is 2.49. The molecule has 1 N–H and O–H groups in total. The van der Waals surface area contributed by atoms with Crippen LogP contribution in [0.1, 0.15) is 12.0 Å². The number of hydrogen-bond acceptors (Lipinski definition) is 3. The molecule has 1 heterocycles. The molecule has 0 atom stereocenters. The minimum Gasteiger partial charge on any atom is -0.410 e. The Bertz CT molecular complexity index is 446. The minimum atomic E-state index is 0.636. The molecule has 82 valence electrons. The highest BCUT2D eigenvalue weighted by Crippen LogP contribution is 2.17. The Morgan fingerprint density at radius 2 is 2.06 bits per heavy atom. The van der Waals surface area contributed by atoms with E-state index in [4.69, 9.17) is 5.21 Å². The van der Waals surface area contributed by atoms with Gasteiger partial charge in [0.15, 0.2) is 0 Å². The van der Waals surface area contributed by atoms with E-state index in [0.29, 0.717) is 5.71 Å². The highest BCUT2D eigenvalue weighted by atomic mass is 16.4. The Hall–Kier alpha value is -2.03. The van der Waals surface area contributed by atoms with Gasteiger partial charge in [-0.3, -0.25) is 0 Å². The van der Waals surface area contributed by atoms with Crippen LogP contribution in [-0.4, -0.2) is 22.9 Å². The zero-order valence-electron chi connectivity index (χ0n) is 9.17. The molecule has 3 nitrogen and oxygen atoms in total. The van der Waals surface area contributed by atoms with Crippen LogP contribution in [-0.2, 0) is 0 Å². The lowest BCUT2D eigenvalue weighted by Gasteiger charge is -2.17. The highest BCUT2D eigenvalue weighted by Gasteiger charge is 2.12. The van der Waals surface area contributed by atoms with E-state index in [1.807, 2.05) is 60.8 Å². The van der Waals surface area contributed by atoms with E-state index in [0.717, 1.165) is 17.6 Å². The van der Waals surface area contributed by atoms with Crippen molar-refractivity contribution in [2.45, 2.75) is 6.42 Å². The van der Waals surface area contributed by atoms with Gasteiger partial charge in [-0.05, 0) is 12.6 Å². The van der Waals surface area contributed by atoms with Gasteiger partial charge in [0.25, 0.3) is 0 Å². The van der Waals surface area contributed by atoms with E-state index in [-0.39, 0.29) is 0 Å². The van der Waals surface area contributed by atoms with Crippen LogP contribution in [0.5, 0.6) is 0 Å². The van der Waals surface area contributed by atoms with Crippen LogP contribution in [0.2, 0.25) is 0 Å². The molecule has 0 unspecified atom stereocenters. The van der Waals surface area contributed by atoms with Crippen LogP contribution in [0.3, 0.4) is 0 Å². The van der Waals surface area contributed by atoms with Crippen LogP contribution >= 0.6 is 0 Å². The van der Waals surface area contributed by atoms with Gasteiger partial charge in [0.2, 0.25) is 0 Å². The first-order chi connectivity index (χ1) is 7.81. The highest BCUT2D eigenvalue weighted by molar-refractivity contribution is 6.12. The van der Waals surface area contributed by atoms with Crippen molar-refractivity contribution >= 4 is 5.71 Å². The van der Waals surface area contributed by atoms with Crippen molar-refractivity contribution in [1.82, 2.24) is 4.90 Å². The maximum atomic E-state index is 9.12. The van der Waals surface area contributed by atoms with Crippen molar-refractivity contribution in [1.29, 1.82) is 0 Å². The summed E-state index contributed by atoms with van der Waals surface area (Å²) in [7, 11) is 1.95. The third-order valence-corrected chi connectivity index (χ3v) is 2.49. The first-order valence-electron chi connectivity index (χ1n) is 5.18. The van der Waals surface area contributed by atoms with Crippen LogP contribution in [0.15, 0.2) is 59.5 Å². The molecule has 1 aromatic carbocycles. The van der Waals surface area contributed by atoms with Crippen molar-refractivity contribution in [3.05, 3.63) is 59.9 Å². The third kappa shape index (κ3) is 2.14. The molecule has 1 aromatic rings. The summed E-state index contributed by atoms with van der Waals surface area (Å²) >= 11 is 0. The molecule has 2 rings (SSSR count). The number of allylic oxidation sites excluding steroid dienone is 2. The molecule has 0 saturated heterocycles. The van der Waals surface area contributed by atoms with E-state index in [1.165, 1.54) is 0 Å². The van der Waals surface area contributed by atoms with Crippen LogP contribution in [0.25, 0.3) is 0 Å². The molecule has 1 aliphatic rings. The summed E-state index contributed by atoms with van der Waals surface area (Å²) in [6.45, 7) is 0. The van der Waals surface area contributed by atoms with Crippen LogP contribution < -0.4 is 0 Å². The van der Waals surface area contributed by atoms with Crippen molar-refractivity contribution in [3.63, 3.8) is 0 Å². The number of hydrogen-bond donors (Lipinski definition) is 1. The summed E-state index contributed by atoms with van der Waals surface area (Å²) in [6.07, 6.45) is 6.80. The maximum Gasteiger partial charge on any atom is 0.114 e. The van der Waals surface area contributed by atoms with Gasteiger partial charge in [-0.25, -0.2) is 0 Å². The SMILES string of the molecule is CN1C=CCC(C(=NO)c2ccccc2)=C1. The molecule has 1 aliphatic heterocycles. The zero-order valence-corrected chi connectivity index (χ0v) is 9.17. The largest absolute Gasteiger partial charge is 0.410 e. The Morgan fingerprint density at radius 1 is 1.31 bits per heavy atom. The summed E-state index contributed by atoms with van der Waals surface area (Å²) < 4.78 is 0. The number of oxime groups is 1. The molecule has 0 aliphatic carbocycles. The van der Waals surface area contributed by atoms with E-state index >= 15 is 0 Å². The fraction of sp³-hybridized carbons (Fsp3) is 0.154. The van der Waals surface area contributed by atoms with Crippen molar-refractivity contribution in [3.8, 4) is 0 Å². The van der Waals surface area contributed by atoms with Gasteiger partial charge in [-0.15, -0.1) is 0 Å². The summed E-state index contributed by atoms with van der Waals surface area (Å²) in [6, 6.07) is 9.69. The predicted molar refractivity (Wildman–Crippen MR) is 64.4 cm³/mol. The average Bonchev–Trinajstić information content (AvgIpc) is 2.31. The Balaban J connectivity index is 2.32. The first kappa shape index (κ1) is 10.5. The molecule has 0 fully saturated rings. The lowest BCUT2D eigenvalue weighted by molar-refractivity contribution is 0.319. The lowest BCUT2D eigenvalue weighted by atomic mass is 9.99.